The molecule has 7 nitrogen and oxygen atoms in total. The first kappa shape index (κ1) is 23.9. The average Bonchev–Trinajstić information content (AvgIpc) is 3.04. The quantitative estimate of drug-likeness (QED) is 0.302. The van der Waals surface area contributed by atoms with Gasteiger partial charge in [0.05, 0.1) is 40.4 Å². The minimum Gasteiger partial charge on any atom is -0.279 e. The summed E-state index contributed by atoms with van der Waals surface area (Å²) in [4.78, 5) is 29.2. The molecule has 2 amide bonds. The fraction of sp³-hybridized carbons (Fsp3) is 0.0870. The standard InChI is InChI=1S/C23H13F4N3O4S/c1-28-14-5-2-4-13(10-14)12-30-21(31)16-6-3-7-19(20(16)22(30)32)29-35(33,34)15-8-9-18(24)17(11-15)23(25,26)27/h2-11,29H,12H2. The van der Waals surface area contributed by atoms with E-state index >= 15 is 0 Å². The van der Waals surface area contributed by atoms with Gasteiger partial charge in [0.25, 0.3) is 21.8 Å². The van der Waals surface area contributed by atoms with Gasteiger partial charge in [0.2, 0.25) is 0 Å². The Morgan fingerprint density at radius 2 is 1.69 bits per heavy atom. The van der Waals surface area contributed by atoms with Gasteiger partial charge >= 0.3 is 6.18 Å². The number of carbonyl (C=O) groups is 2. The van der Waals surface area contributed by atoms with Crippen LogP contribution in [0.5, 0.6) is 0 Å². The monoisotopic (exact) mass is 503 g/mol. The smallest absolute Gasteiger partial charge is 0.279 e. The molecule has 3 aromatic carbocycles. The number of fused-ring (bicyclic) bond motifs is 1. The van der Waals surface area contributed by atoms with Crippen molar-refractivity contribution in [2.75, 3.05) is 4.72 Å². The highest BCUT2D eigenvalue weighted by Crippen LogP contribution is 2.35. The summed E-state index contributed by atoms with van der Waals surface area (Å²) in [7, 11) is -4.69. The molecule has 0 saturated carbocycles. The molecule has 3 aromatic rings. The lowest BCUT2D eigenvalue weighted by Gasteiger charge is -2.15. The van der Waals surface area contributed by atoms with Crippen molar-refractivity contribution in [3.05, 3.63) is 100 Å². The number of anilines is 1. The number of imide groups is 1. The predicted octanol–water partition coefficient (Wildman–Crippen LogP) is 4.99. The molecular formula is C23H13F4N3O4S. The number of hydrogen-bond acceptors (Lipinski definition) is 4. The fourth-order valence-corrected chi connectivity index (χ4v) is 4.66. The highest BCUT2D eigenvalue weighted by atomic mass is 32.2. The third-order valence-electron chi connectivity index (χ3n) is 5.18. The second kappa shape index (κ2) is 8.52. The van der Waals surface area contributed by atoms with Crippen LogP contribution in [0.2, 0.25) is 0 Å². The highest BCUT2D eigenvalue weighted by Gasteiger charge is 2.39. The Labute approximate surface area is 196 Å². The Hall–Kier alpha value is -4.24. The highest BCUT2D eigenvalue weighted by molar-refractivity contribution is 7.92. The summed E-state index contributed by atoms with van der Waals surface area (Å²) in [5.41, 5.74) is -1.69. The molecule has 0 spiro atoms. The molecule has 0 aliphatic carbocycles. The van der Waals surface area contributed by atoms with E-state index in [0.717, 1.165) is 4.90 Å². The Balaban J connectivity index is 1.68. The third kappa shape index (κ3) is 4.45. The summed E-state index contributed by atoms with van der Waals surface area (Å²) in [5.74, 6) is -3.18. The Kier molecular flexibility index (Phi) is 5.82. The number of amides is 2. The van der Waals surface area contributed by atoms with Crippen molar-refractivity contribution in [3.63, 3.8) is 0 Å². The molecule has 1 aliphatic heterocycles. The second-order valence-electron chi connectivity index (χ2n) is 7.45. The Morgan fingerprint density at radius 3 is 2.37 bits per heavy atom. The fourth-order valence-electron chi connectivity index (χ4n) is 3.56. The third-order valence-corrected chi connectivity index (χ3v) is 6.54. The number of hydrogen-bond donors (Lipinski definition) is 1. The molecule has 0 radical (unpaired) electrons. The summed E-state index contributed by atoms with van der Waals surface area (Å²) < 4.78 is 80.3. The van der Waals surface area contributed by atoms with Crippen LogP contribution in [0.4, 0.5) is 28.9 Å². The molecule has 178 valence electrons. The van der Waals surface area contributed by atoms with Crippen molar-refractivity contribution in [2.45, 2.75) is 17.6 Å². The van der Waals surface area contributed by atoms with Crippen molar-refractivity contribution >= 4 is 33.2 Å². The number of halogens is 4. The first-order chi connectivity index (χ1) is 16.4. The van der Waals surface area contributed by atoms with Crippen molar-refractivity contribution in [1.82, 2.24) is 4.90 Å². The first-order valence-electron chi connectivity index (χ1n) is 9.77. The molecule has 0 aromatic heterocycles. The minimum absolute atomic E-state index is 0.105. The van der Waals surface area contributed by atoms with Gasteiger partial charge < -0.3 is 0 Å². The molecule has 35 heavy (non-hydrogen) atoms. The van der Waals surface area contributed by atoms with Crippen molar-refractivity contribution < 1.29 is 35.6 Å². The zero-order valence-corrected chi connectivity index (χ0v) is 18.2. The molecule has 1 heterocycles. The predicted molar refractivity (Wildman–Crippen MR) is 116 cm³/mol. The number of nitrogens with zero attached hydrogens (tertiary/aromatic N) is 2. The maximum absolute atomic E-state index is 13.6. The zero-order chi connectivity index (χ0) is 25.5. The molecule has 0 atom stereocenters. The zero-order valence-electron chi connectivity index (χ0n) is 17.4. The van der Waals surface area contributed by atoms with Crippen LogP contribution in [0.1, 0.15) is 31.8 Å². The maximum atomic E-state index is 13.6. The van der Waals surface area contributed by atoms with E-state index in [1.54, 1.807) is 18.2 Å². The normalized spacial score (nSPS) is 13.5. The summed E-state index contributed by atoms with van der Waals surface area (Å²) in [6, 6.07) is 11.2. The van der Waals surface area contributed by atoms with Gasteiger partial charge in [-0.2, -0.15) is 13.2 Å². The second-order valence-corrected chi connectivity index (χ2v) is 9.13. The molecule has 4 rings (SSSR count). The van der Waals surface area contributed by atoms with E-state index < -0.39 is 44.3 Å². The molecule has 12 heteroatoms. The summed E-state index contributed by atoms with van der Waals surface area (Å²) in [6.45, 7) is 6.89. The van der Waals surface area contributed by atoms with E-state index in [2.05, 4.69) is 4.85 Å². The largest absolute Gasteiger partial charge is 0.419 e. The lowest BCUT2D eigenvalue weighted by Crippen LogP contribution is -2.29. The number of carbonyl (C=O) groups excluding carboxylic acids is 2. The van der Waals surface area contributed by atoms with Crippen LogP contribution in [0.15, 0.2) is 65.6 Å². The number of sulfonamides is 1. The van der Waals surface area contributed by atoms with E-state index in [1.807, 2.05) is 4.72 Å². The van der Waals surface area contributed by atoms with Crippen LogP contribution < -0.4 is 4.72 Å². The molecule has 0 unspecified atom stereocenters. The number of rotatable bonds is 5. The van der Waals surface area contributed by atoms with Crippen LogP contribution in [0, 0.1) is 12.4 Å². The van der Waals surface area contributed by atoms with Gasteiger partial charge in [-0.05, 0) is 35.9 Å². The van der Waals surface area contributed by atoms with Crippen molar-refractivity contribution in [1.29, 1.82) is 0 Å². The lowest BCUT2D eigenvalue weighted by molar-refractivity contribution is -0.140. The Bertz CT molecular complexity index is 1530. The topological polar surface area (TPSA) is 87.9 Å². The van der Waals surface area contributed by atoms with E-state index in [1.165, 1.54) is 24.3 Å². The molecule has 0 fully saturated rings. The van der Waals surface area contributed by atoms with Gasteiger partial charge in [-0.15, -0.1) is 0 Å². The molecule has 1 aliphatic rings. The average molecular weight is 503 g/mol. The van der Waals surface area contributed by atoms with Crippen LogP contribution in [0.3, 0.4) is 0 Å². The SMILES string of the molecule is [C-]#[N+]c1cccc(CN2C(=O)c3cccc(NS(=O)(=O)c4ccc(F)c(C(F)(F)F)c4)c3C2=O)c1. The van der Waals surface area contributed by atoms with Gasteiger partial charge in [0.15, 0.2) is 5.69 Å². The van der Waals surface area contributed by atoms with Gasteiger partial charge in [0.1, 0.15) is 5.82 Å². The van der Waals surface area contributed by atoms with E-state index in [0.29, 0.717) is 23.4 Å². The van der Waals surface area contributed by atoms with E-state index in [9.17, 15) is 35.6 Å². The molecule has 0 bridgehead atoms. The molecule has 0 saturated heterocycles. The van der Waals surface area contributed by atoms with Gasteiger partial charge in [-0.3, -0.25) is 19.2 Å². The van der Waals surface area contributed by atoms with E-state index in [4.69, 9.17) is 6.57 Å². The van der Waals surface area contributed by atoms with Crippen LogP contribution in [-0.2, 0) is 22.7 Å². The van der Waals surface area contributed by atoms with Crippen molar-refractivity contribution in [3.8, 4) is 0 Å². The maximum Gasteiger partial charge on any atom is 0.419 e. The first-order valence-corrected chi connectivity index (χ1v) is 11.3. The lowest BCUT2D eigenvalue weighted by atomic mass is 10.1. The minimum atomic E-state index is -5.13. The van der Waals surface area contributed by atoms with E-state index in [-0.39, 0.29) is 29.4 Å². The van der Waals surface area contributed by atoms with Crippen LogP contribution in [-0.4, -0.2) is 25.1 Å². The summed E-state index contributed by atoms with van der Waals surface area (Å²) in [6.07, 6.45) is -5.13. The Morgan fingerprint density at radius 1 is 0.971 bits per heavy atom. The van der Waals surface area contributed by atoms with Gasteiger partial charge in [-0.25, -0.2) is 17.7 Å². The molecule has 1 N–H and O–H groups in total. The number of benzene rings is 3. The summed E-state index contributed by atoms with van der Waals surface area (Å²) in [5, 5.41) is 0. The van der Waals surface area contributed by atoms with Crippen LogP contribution >= 0.6 is 0 Å². The number of nitrogens with one attached hydrogen (secondary N) is 1. The number of alkyl halides is 3. The molecular weight excluding hydrogens is 490 g/mol. The van der Waals surface area contributed by atoms with Gasteiger partial charge in [-0.1, -0.05) is 30.3 Å². The van der Waals surface area contributed by atoms with Crippen molar-refractivity contribution in [2.24, 2.45) is 0 Å². The van der Waals surface area contributed by atoms with Crippen LogP contribution in [0.25, 0.3) is 4.85 Å². The summed E-state index contributed by atoms with van der Waals surface area (Å²) >= 11 is 0. The van der Waals surface area contributed by atoms with Gasteiger partial charge in [0, 0.05) is 0 Å².